The molecule has 1 rings (SSSR count). The van der Waals surface area contributed by atoms with Crippen LogP contribution in [0.1, 0.15) is 0 Å². The van der Waals surface area contributed by atoms with Gasteiger partial charge in [-0.2, -0.15) is 0 Å². The maximum atomic E-state index is 7.01. The first-order valence-corrected chi connectivity index (χ1v) is 2.05. The van der Waals surface area contributed by atoms with E-state index in [2.05, 4.69) is 4.98 Å². The Labute approximate surface area is 41.1 Å². The van der Waals surface area contributed by atoms with Crippen LogP contribution < -0.4 is 5.62 Å². The number of H-pyrrole nitrogens is 1. The van der Waals surface area contributed by atoms with Crippen LogP contribution >= 0.6 is 0 Å². The Hall–Kier alpha value is -0.990. The largest absolute Gasteiger partial charge is 0.331 e. The van der Waals surface area contributed by atoms with Crippen LogP contribution in [0.4, 0.5) is 0 Å². The van der Waals surface area contributed by atoms with E-state index in [1.165, 1.54) is 0 Å². The lowest BCUT2D eigenvalue weighted by molar-refractivity contribution is 0.810. The maximum Gasteiger partial charge on any atom is 0.199 e. The zero-order valence-electron chi connectivity index (χ0n) is 4.10. The maximum absolute atomic E-state index is 7.01. The number of hydrogen-bond acceptors (Lipinski definition) is 1. The molecule has 38 valence electrons. The third-order valence-corrected chi connectivity index (χ3v) is 0.871. The van der Waals surface area contributed by atoms with Crippen LogP contribution in [0.2, 0.25) is 0 Å². The molecule has 1 heterocycles. The minimum absolute atomic E-state index is 0.431. The third-order valence-electron chi connectivity index (χ3n) is 0.871. The van der Waals surface area contributed by atoms with E-state index in [4.69, 9.17) is 5.41 Å². The van der Waals surface area contributed by atoms with Gasteiger partial charge in [0.2, 0.25) is 0 Å². The zero-order valence-corrected chi connectivity index (χ0v) is 4.10. The van der Waals surface area contributed by atoms with Crippen molar-refractivity contribution in [2.75, 3.05) is 0 Å². The minimum Gasteiger partial charge on any atom is -0.331 e. The summed E-state index contributed by atoms with van der Waals surface area (Å²) < 4.78 is 1.69. The van der Waals surface area contributed by atoms with Crippen molar-refractivity contribution in [2.45, 2.75) is 0 Å². The normalized spacial score (nSPS) is 9.29. The fourth-order valence-corrected chi connectivity index (χ4v) is 0.404. The number of imidazole rings is 1. The lowest BCUT2D eigenvalue weighted by atomic mass is 10.9. The summed E-state index contributed by atoms with van der Waals surface area (Å²) in [5.41, 5.74) is 0.431. The first kappa shape index (κ1) is 4.18. The molecule has 7 heavy (non-hydrogen) atoms. The van der Waals surface area contributed by atoms with Crippen LogP contribution in [-0.4, -0.2) is 9.55 Å². The molecule has 2 N–H and O–H groups in total. The molecule has 0 aliphatic heterocycles. The number of nitrogens with zero attached hydrogens (tertiary/aromatic N) is 1. The van der Waals surface area contributed by atoms with Crippen molar-refractivity contribution in [3.63, 3.8) is 0 Å². The van der Waals surface area contributed by atoms with Gasteiger partial charge in [0.25, 0.3) is 0 Å². The molecule has 0 atom stereocenters. The molecule has 1 aromatic heterocycles. The van der Waals surface area contributed by atoms with E-state index in [0.717, 1.165) is 0 Å². The fourth-order valence-electron chi connectivity index (χ4n) is 0.404. The highest BCUT2D eigenvalue weighted by molar-refractivity contribution is 4.69. The van der Waals surface area contributed by atoms with E-state index in [9.17, 15) is 0 Å². The topological polar surface area (TPSA) is 44.6 Å². The molecule has 1 aromatic rings. The highest BCUT2D eigenvalue weighted by Crippen LogP contribution is 1.64. The lowest BCUT2D eigenvalue weighted by Crippen LogP contribution is -2.11. The molecule has 0 bridgehead atoms. The molecule has 3 nitrogen and oxygen atoms in total. The summed E-state index contributed by atoms with van der Waals surface area (Å²) in [5.74, 6) is 0. The molecule has 0 radical (unpaired) electrons. The van der Waals surface area contributed by atoms with Crippen molar-refractivity contribution in [2.24, 2.45) is 7.05 Å². The molecule has 0 aliphatic carbocycles. The van der Waals surface area contributed by atoms with Crippen molar-refractivity contribution in [1.82, 2.24) is 9.55 Å². The zero-order chi connectivity index (χ0) is 5.28. The molecule has 0 aliphatic rings. The Morgan fingerprint density at radius 1 is 1.86 bits per heavy atom. The van der Waals surface area contributed by atoms with Crippen LogP contribution in [0.15, 0.2) is 12.4 Å². The number of aryl methyl sites for hydroxylation is 1. The number of aromatic amines is 1. The number of hydrogen-bond donors (Lipinski definition) is 2. The number of nitrogens with one attached hydrogen (secondary N) is 2. The van der Waals surface area contributed by atoms with E-state index >= 15 is 0 Å². The van der Waals surface area contributed by atoms with Crippen LogP contribution in [0.5, 0.6) is 0 Å². The van der Waals surface area contributed by atoms with Crippen LogP contribution in [0.25, 0.3) is 0 Å². The van der Waals surface area contributed by atoms with Gasteiger partial charge < -0.3 is 9.55 Å². The van der Waals surface area contributed by atoms with E-state index < -0.39 is 0 Å². The van der Waals surface area contributed by atoms with Gasteiger partial charge in [-0.3, -0.25) is 5.41 Å². The second-order valence-corrected chi connectivity index (χ2v) is 1.42. The fraction of sp³-hybridized carbons (Fsp3) is 0.250. The Balaban J connectivity index is 3.39. The number of aromatic nitrogens is 2. The third kappa shape index (κ3) is 0.559. The molecule has 0 saturated carbocycles. The van der Waals surface area contributed by atoms with Gasteiger partial charge in [0, 0.05) is 19.4 Å². The predicted molar refractivity (Wildman–Crippen MR) is 25.6 cm³/mol. The Bertz CT molecular complexity index is 195. The van der Waals surface area contributed by atoms with Crippen molar-refractivity contribution in [3.8, 4) is 0 Å². The molecular weight excluding hydrogens is 90.1 g/mol. The molecule has 3 heteroatoms. The molecule has 0 aromatic carbocycles. The second kappa shape index (κ2) is 1.26. The molecule has 0 fully saturated rings. The molecule has 0 unspecified atom stereocenters. The Morgan fingerprint density at radius 2 is 2.57 bits per heavy atom. The van der Waals surface area contributed by atoms with Gasteiger partial charge in [-0.1, -0.05) is 0 Å². The molecule has 0 spiro atoms. The first-order valence-electron chi connectivity index (χ1n) is 2.05. The van der Waals surface area contributed by atoms with Crippen LogP contribution in [-0.2, 0) is 7.05 Å². The van der Waals surface area contributed by atoms with Gasteiger partial charge in [0.15, 0.2) is 5.62 Å². The molecule has 0 saturated heterocycles. The van der Waals surface area contributed by atoms with Crippen LogP contribution in [0, 0.1) is 5.41 Å². The first-order chi connectivity index (χ1) is 3.30. The average Bonchev–Trinajstić information content (AvgIpc) is 1.91. The van der Waals surface area contributed by atoms with Gasteiger partial charge in [-0.15, -0.1) is 0 Å². The van der Waals surface area contributed by atoms with Gasteiger partial charge in [-0.25, -0.2) is 0 Å². The molecule has 0 amide bonds. The number of rotatable bonds is 0. The highest BCUT2D eigenvalue weighted by atomic mass is 15.0. The average molecular weight is 97.1 g/mol. The summed E-state index contributed by atoms with van der Waals surface area (Å²) in [4.78, 5) is 2.70. The van der Waals surface area contributed by atoms with Crippen molar-refractivity contribution >= 4 is 0 Å². The van der Waals surface area contributed by atoms with Crippen molar-refractivity contribution in [3.05, 3.63) is 18.0 Å². The molecular formula is C4H7N3. The second-order valence-electron chi connectivity index (χ2n) is 1.42. The van der Waals surface area contributed by atoms with E-state index in [1.54, 1.807) is 17.0 Å². The summed E-state index contributed by atoms with van der Waals surface area (Å²) >= 11 is 0. The van der Waals surface area contributed by atoms with Crippen molar-refractivity contribution in [1.29, 1.82) is 5.41 Å². The summed E-state index contributed by atoms with van der Waals surface area (Å²) in [5, 5.41) is 7.01. The minimum atomic E-state index is 0.431. The highest BCUT2D eigenvalue weighted by Gasteiger charge is 1.76. The van der Waals surface area contributed by atoms with E-state index in [0.29, 0.717) is 5.62 Å². The van der Waals surface area contributed by atoms with Gasteiger partial charge in [0.05, 0.1) is 0 Å². The standard InChI is InChI=1S/C4H7N3/c1-7-3-2-6-4(7)5/h2-3H,1H3,(H2,5,6). The summed E-state index contributed by atoms with van der Waals surface area (Å²) in [7, 11) is 1.82. The summed E-state index contributed by atoms with van der Waals surface area (Å²) in [6.07, 6.45) is 3.52. The van der Waals surface area contributed by atoms with Crippen LogP contribution in [0.3, 0.4) is 0 Å². The lowest BCUT2D eigenvalue weighted by Gasteiger charge is -1.79. The summed E-state index contributed by atoms with van der Waals surface area (Å²) in [6.45, 7) is 0. The predicted octanol–water partition coefficient (Wildman–Crippen LogP) is -0.167. The smallest absolute Gasteiger partial charge is 0.199 e. The Kier molecular flexibility index (Phi) is 0.749. The SMILES string of the molecule is Cn1cc[nH]c1=N. The Morgan fingerprint density at radius 3 is 2.71 bits per heavy atom. The summed E-state index contributed by atoms with van der Waals surface area (Å²) in [6, 6.07) is 0. The van der Waals surface area contributed by atoms with Crippen molar-refractivity contribution < 1.29 is 0 Å². The van der Waals surface area contributed by atoms with Gasteiger partial charge >= 0.3 is 0 Å². The quantitative estimate of drug-likeness (QED) is 0.451. The van der Waals surface area contributed by atoms with Gasteiger partial charge in [0.1, 0.15) is 0 Å². The van der Waals surface area contributed by atoms with Gasteiger partial charge in [-0.05, 0) is 0 Å². The monoisotopic (exact) mass is 97.1 g/mol. The van der Waals surface area contributed by atoms with E-state index in [-0.39, 0.29) is 0 Å². The van der Waals surface area contributed by atoms with E-state index in [1.807, 2.05) is 7.05 Å².